The number of nitrogens with zero attached hydrogens (tertiary/aromatic N) is 1. The second-order valence-corrected chi connectivity index (χ2v) is 4.95. The van der Waals surface area contributed by atoms with Crippen molar-refractivity contribution in [1.82, 2.24) is 10.2 Å². The molecule has 0 bridgehead atoms. The molecule has 0 aliphatic carbocycles. The summed E-state index contributed by atoms with van der Waals surface area (Å²) in [5.74, 6) is 0.424. The first-order chi connectivity index (χ1) is 9.63. The predicted octanol–water partition coefficient (Wildman–Crippen LogP) is 2.57. The van der Waals surface area contributed by atoms with Gasteiger partial charge in [0.2, 0.25) is 0 Å². The van der Waals surface area contributed by atoms with Gasteiger partial charge in [0.25, 0.3) is 5.91 Å². The van der Waals surface area contributed by atoms with E-state index in [4.69, 9.17) is 16.3 Å². The quantitative estimate of drug-likeness (QED) is 0.812. The smallest absolute Gasteiger partial charge is 0.262 e. The lowest BCUT2D eigenvalue weighted by molar-refractivity contribution is -0.118. The number of aromatic nitrogens is 2. The van der Waals surface area contributed by atoms with Crippen LogP contribution in [0.15, 0.2) is 24.4 Å². The monoisotopic (exact) mass is 292 g/mol. The third kappa shape index (κ3) is 2.42. The van der Waals surface area contributed by atoms with Crippen LogP contribution < -0.4 is 15.4 Å². The van der Waals surface area contributed by atoms with Crippen molar-refractivity contribution < 1.29 is 9.53 Å². The fourth-order valence-electron chi connectivity index (χ4n) is 2.03. The highest BCUT2D eigenvalue weighted by atomic mass is 35.5. The highest BCUT2D eigenvalue weighted by Gasteiger charge is 2.19. The van der Waals surface area contributed by atoms with E-state index in [1.165, 1.54) is 0 Å². The van der Waals surface area contributed by atoms with E-state index in [-0.39, 0.29) is 18.6 Å². The van der Waals surface area contributed by atoms with Crippen LogP contribution in [0.3, 0.4) is 0 Å². The maximum atomic E-state index is 11.2. The molecule has 2 heterocycles. The molecule has 0 spiro atoms. The minimum atomic E-state index is -0.180. The Bertz CT molecular complexity index is 642. The molecule has 20 heavy (non-hydrogen) atoms. The number of hydrogen-bond donors (Lipinski definition) is 3. The Morgan fingerprint density at radius 3 is 3.10 bits per heavy atom. The van der Waals surface area contributed by atoms with Crippen LogP contribution in [0.5, 0.6) is 5.75 Å². The third-order valence-electron chi connectivity index (χ3n) is 3.06. The minimum Gasteiger partial charge on any atom is -0.482 e. The Hall–Kier alpha value is -2.21. The Morgan fingerprint density at radius 2 is 2.35 bits per heavy atom. The number of rotatable bonds is 3. The molecule has 1 aliphatic rings. The van der Waals surface area contributed by atoms with Gasteiger partial charge in [0, 0.05) is 12.3 Å². The predicted molar refractivity (Wildman–Crippen MR) is 76.2 cm³/mol. The summed E-state index contributed by atoms with van der Waals surface area (Å²) in [6, 6.07) is 5.37. The van der Waals surface area contributed by atoms with Crippen molar-refractivity contribution in [3.63, 3.8) is 0 Å². The van der Waals surface area contributed by atoms with Gasteiger partial charge in [-0.1, -0.05) is 11.6 Å². The highest BCUT2D eigenvalue weighted by Crippen LogP contribution is 2.37. The maximum Gasteiger partial charge on any atom is 0.262 e. The fraction of sp³-hybridized carbons (Fsp3) is 0.231. The van der Waals surface area contributed by atoms with Gasteiger partial charge < -0.3 is 15.4 Å². The molecule has 104 valence electrons. The molecule has 0 saturated carbocycles. The number of nitrogens with one attached hydrogen (secondary N) is 3. The Balaban J connectivity index is 1.85. The van der Waals surface area contributed by atoms with Crippen LogP contribution in [0, 0.1) is 0 Å². The van der Waals surface area contributed by atoms with Crippen LogP contribution in [0.1, 0.15) is 18.7 Å². The van der Waals surface area contributed by atoms with Crippen molar-refractivity contribution in [1.29, 1.82) is 0 Å². The van der Waals surface area contributed by atoms with E-state index in [2.05, 4.69) is 20.8 Å². The average Bonchev–Trinajstić information content (AvgIpc) is 2.94. The zero-order valence-electron chi connectivity index (χ0n) is 10.7. The maximum absolute atomic E-state index is 11.2. The van der Waals surface area contributed by atoms with Crippen molar-refractivity contribution in [2.24, 2.45) is 0 Å². The number of hydrogen-bond acceptors (Lipinski definition) is 4. The van der Waals surface area contributed by atoms with Crippen LogP contribution in [0.25, 0.3) is 0 Å². The van der Waals surface area contributed by atoms with E-state index in [0.717, 1.165) is 11.4 Å². The molecule has 0 radical (unpaired) electrons. The molecule has 0 fully saturated rings. The second-order valence-electron chi connectivity index (χ2n) is 4.54. The van der Waals surface area contributed by atoms with Gasteiger partial charge in [0.05, 0.1) is 28.1 Å². The third-order valence-corrected chi connectivity index (χ3v) is 3.38. The zero-order chi connectivity index (χ0) is 14.1. The van der Waals surface area contributed by atoms with Crippen LogP contribution in [-0.4, -0.2) is 22.7 Å². The number of halogens is 1. The van der Waals surface area contributed by atoms with Gasteiger partial charge in [-0.3, -0.25) is 9.89 Å². The highest BCUT2D eigenvalue weighted by molar-refractivity contribution is 6.33. The number of carbonyl (C=O) groups excluding carboxylic acids is 1. The molecule has 3 rings (SSSR count). The van der Waals surface area contributed by atoms with E-state index >= 15 is 0 Å². The zero-order valence-corrected chi connectivity index (χ0v) is 11.5. The van der Waals surface area contributed by atoms with Crippen molar-refractivity contribution in [3.05, 3.63) is 35.1 Å². The Kier molecular flexibility index (Phi) is 3.23. The van der Waals surface area contributed by atoms with Crippen molar-refractivity contribution in [2.45, 2.75) is 13.0 Å². The summed E-state index contributed by atoms with van der Waals surface area (Å²) in [6.07, 6.45) is 1.70. The van der Waals surface area contributed by atoms with Crippen LogP contribution in [0.2, 0.25) is 5.02 Å². The number of amides is 1. The summed E-state index contributed by atoms with van der Waals surface area (Å²) in [6.45, 7) is 2.01. The average molecular weight is 293 g/mol. The summed E-state index contributed by atoms with van der Waals surface area (Å²) in [5.41, 5.74) is 2.28. The normalized spacial score (nSPS) is 15.0. The lowest BCUT2D eigenvalue weighted by atomic mass is 10.2. The molecule has 1 atom stereocenters. The van der Waals surface area contributed by atoms with E-state index in [1.54, 1.807) is 18.3 Å². The summed E-state index contributed by atoms with van der Waals surface area (Å²) in [7, 11) is 0. The van der Waals surface area contributed by atoms with Crippen LogP contribution in [0.4, 0.5) is 11.4 Å². The second kappa shape index (κ2) is 5.05. The summed E-state index contributed by atoms with van der Waals surface area (Å²) < 4.78 is 5.37. The topological polar surface area (TPSA) is 79.0 Å². The van der Waals surface area contributed by atoms with Gasteiger partial charge in [-0.2, -0.15) is 5.10 Å². The first-order valence-electron chi connectivity index (χ1n) is 6.15. The number of H-pyrrole nitrogens is 1. The summed E-state index contributed by atoms with van der Waals surface area (Å²) in [5, 5.41) is 13.3. The van der Waals surface area contributed by atoms with E-state index in [9.17, 15) is 4.79 Å². The largest absolute Gasteiger partial charge is 0.482 e. The Morgan fingerprint density at radius 1 is 1.50 bits per heavy atom. The van der Waals surface area contributed by atoms with E-state index in [1.807, 2.05) is 13.0 Å². The molecule has 1 aromatic heterocycles. The first kappa shape index (κ1) is 12.8. The van der Waals surface area contributed by atoms with Gasteiger partial charge in [0.1, 0.15) is 5.75 Å². The van der Waals surface area contributed by atoms with Gasteiger partial charge in [-0.15, -0.1) is 0 Å². The molecule has 1 amide bonds. The SMILES string of the molecule is CC(Nc1cc2c(cc1Cl)NC(=O)CO2)c1ccn[nH]1. The minimum absolute atomic E-state index is 0.0180. The summed E-state index contributed by atoms with van der Waals surface area (Å²) in [4.78, 5) is 11.2. The first-order valence-corrected chi connectivity index (χ1v) is 6.53. The van der Waals surface area contributed by atoms with Gasteiger partial charge in [0.15, 0.2) is 6.61 Å². The number of carbonyl (C=O) groups is 1. The van der Waals surface area contributed by atoms with Crippen LogP contribution >= 0.6 is 11.6 Å². The molecule has 0 saturated heterocycles. The van der Waals surface area contributed by atoms with E-state index in [0.29, 0.717) is 16.5 Å². The van der Waals surface area contributed by atoms with Crippen LogP contribution in [-0.2, 0) is 4.79 Å². The molecule has 1 unspecified atom stereocenters. The number of benzene rings is 1. The number of aromatic amines is 1. The Labute approximate surface area is 120 Å². The molecule has 3 N–H and O–H groups in total. The number of fused-ring (bicyclic) bond motifs is 1. The van der Waals surface area contributed by atoms with Crippen molar-refractivity contribution in [2.75, 3.05) is 17.2 Å². The number of anilines is 2. The van der Waals surface area contributed by atoms with Crippen molar-refractivity contribution >= 4 is 28.9 Å². The molecule has 2 aromatic rings. The van der Waals surface area contributed by atoms with Gasteiger partial charge >= 0.3 is 0 Å². The summed E-state index contributed by atoms with van der Waals surface area (Å²) >= 11 is 6.22. The standard InChI is InChI=1S/C13H13ClN4O2/c1-7(9-2-3-15-18-9)16-10-5-12-11(4-8(10)14)17-13(19)6-20-12/h2-5,7,16H,6H2,1H3,(H,15,18)(H,17,19). The fourth-order valence-corrected chi connectivity index (χ4v) is 2.25. The molecule has 1 aliphatic heterocycles. The molecular weight excluding hydrogens is 280 g/mol. The molecule has 1 aromatic carbocycles. The van der Waals surface area contributed by atoms with Gasteiger partial charge in [-0.05, 0) is 19.1 Å². The lowest BCUT2D eigenvalue weighted by Gasteiger charge is -2.21. The van der Waals surface area contributed by atoms with Gasteiger partial charge in [-0.25, -0.2) is 0 Å². The van der Waals surface area contributed by atoms with Crippen molar-refractivity contribution in [3.8, 4) is 5.75 Å². The van der Waals surface area contributed by atoms with E-state index < -0.39 is 0 Å². The molecule has 6 nitrogen and oxygen atoms in total. The lowest BCUT2D eigenvalue weighted by Crippen LogP contribution is -2.25. The molecule has 7 heteroatoms. The number of ether oxygens (including phenoxy) is 1. The molecular formula is C13H13ClN4O2.